The summed E-state index contributed by atoms with van der Waals surface area (Å²) in [7, 11) is 1.54. The number of benzene rings is 3. The molecule has 0 aliphatic carbocycles. The van der Waals surface area contributed by atoms with Gasteiger partial charge in [0.1, 0.15) is 23.4 Å². The van der Waals surface area contributed by atoms with Gasteiger partial charge in [0, 0.05) is 10.6 Å². The lowest BCUT2D eigenvalue weighted by Gasteiger charge is -2.18. The van der Waals surface area contributed by atoms with Crippen LogP contribution in [0.1, 0.15) is 29.1 Å². The minimum atomic E-state index is -0.566. The molecule has 0 saturated carbocycles. The van der Waals surface area contributed by atoms with Gasteiger partial charge in [0.2, 0.25) is 6.54 Å². The van der Waals surface area contributed by atoms with Crippen LogP contribution < -0.4 is 14.2 Å². The van der Waals surface area contributed by atoms with Crippen LogP contribution in [-0.4, -0.2) is 39.9 Å². The summed E-state index contributed by atoms with van der Waals surface area (Å²) in [6.45, 7) is 4.38. The number of rotatable bonds is 12. The summed E-state index contributed by atoms with van der Waals surface area (Å²) in [4.78, 5) is 11.3. The zero-order chi connectivity index (χ0) is 27.1. The van der Waals surface area contributed by atoms with Gasteiger partial charge in [-0.1, -0.05) is 42.1 Å². The summed E-state index contributed by atoms with van der Waals surface area (Å²) in [6.07, 6.45) is 0. The van der Waals surface area contributed by atoms with E-state index in [-0.39, 0.29) is 11.5 Å². The highest BCUT2D eigenvalue weighted by atomic mass is 79.9. The Balaban J connectivity index is 1.63. The number of thioether (sulfide) groups is 1. The van der Waals surface area contributed by atoms with E-state index in [9.17, 15) is 10.1 Å². The van der Waals surface area contributed by atoms with Gasteiger partial charge in [-0.05, 0) is 77.3 Å². The highest BCUT2D eigenvalue weighted by Crippen LogP contribution is 2.43. The number of hydrogen-bond donors (Lipinski definition) is 0. The molecule has 3 aromatic carbocycles. The van der Waals surface area contributed by atoms with Crippen LogP contribution in [0.3, 0.4) is 0 Å². The van der Waals surface area contributed by atoms with Crippen molar-refractivity contribution in [1.29, 1.82) is 0 Å². The Bertz CT molecular complexity index is 1380. The minimum Gasteiger partial charge on any atom is -0.494 e. The van der Waals surface area contributed by atoms with E-state index in [1.165, 1.54) is 11.8 Å². The maximum absolute atomic E-state index is 11.7. The molecule has 0 fully saturated rings. The number of aryl methyl sites for hydroxylation is 1. The fraction of sp³-hybridized carbons (Fsp3) is 0.259. The molecule has 1 aromatic heterocycles. The number of methoxy groups -OCH3 is 1. The molecule has 0 spiro atoms. The van der Waals surface area contributed by atoms with E-state index in [1.54, 1.807) is 13.2 Å². The van der Waals surface area contributed by atoms with Gasteiger partial charge in [-0.3, -0.25) is 14.7 Å². The lowest BCUT2D eigenvalue weighted by Crippen LogP contribution is -2.12. The van der Waals surface area contributed by atoms with Crippen molar-refractivity contribution in [1.82, 2.24) is 14.8 Å². The smallest absolute Gasteiger partial charge is 0.220 e. The maximum Gasteiger partial charge on any atom is 0.220 e. The van der Waals surface area contributed by atoms with Crippen molar-refractivity contribution in [3.05, 3.63) is 98.3 Å². The Hall–Kier alpha value is -3.57. The summed E-state index contributed by atoms with van der Waals surface area (Å²) >= 11 is 4.85. The van der Waals surface area contributed by atoms with Crippen LogP contribution in [0.2, 0.25) is 0 Å². The molecule has 11 heteroatoms. The van der Waals surface area contributed by atoms with Crippen molar-refractivity contribution >= 4 is 27.7 Å². The zero-order valence-electron chi connectivity index (χ0n) is 21.2. The average Bonchev–Trinajstić information content (AvgIpc) is 3.27. The topological polar surface area (TPSA) is 102 Å². The number of nitrogens with zero attached hydrogens (tertiary/aromatic N) is 4. The lowest BCUT2D eigenvalue weighted by molar-refractivity contribution is -0.479. The predicted molar refractivity (Wildman–Crippen MR) is 149 cm³/mol. The summed E-state index contributed by atoms with van der Waals surface area (Å²) in [5.74, 6) is 2.43. The molecule has 1 atom stereocenters. The normalized spacial score (nSPS) is 11.7. The minimum absolute atomic E-state index is 0.320. The van der Waals surface area contributed by atoms with Gasteiger partial charge in [0.15, 0.2) is 16.7 Å². The van der Waals surface area contributed by atoms with Crippen LogP contribution in [-0.2, 0) is 6.61 Å². The molecule has 0 aliphatic rings. The van der Waals surface area contributed by atoms with E-state index in [0.717, 1.165) is 17.0 Å². The van der Waals surface area contributed by atoms with Gasteiger partial charge < -0.3 is 14.2 Å². The van der Waals surface area contributed by atoms with Crippen LogP contribution in [0.5, 0.6) is 17.2 Å². The first kappa shape index (κ1) is 27.5. The van der Waals surface area contributed by atoms with Gasteiger partial charge in [-0.2, -0.15) is 0 Å². The van der Waals surface area contributed by atoms with E-state index in [4.69, 9.17) is 14.2 Å². The molecule has 0 amide bonds. The van der Waals surface area contributed by atoms with Crippen molar-refractivity contribution in [3.63, 3.8) is 0 Å². The first-order chi connectivity index (χ1) is 18.4. The fourth-order valence-corrected chi connectivity index (χ4v) is 5.57. The molecule has 0 radical (unpaired) electrons. The molecule has 4 rings (SSSR count). The molecule has 1 heterocycles. The molecule has 0 N–H and O–H groups in total. The number of aromatic nitrogens is 3. The van der Waals surface area contributed by atoms with Crippen molar-refractivity contribution in [2.24, 2.45) is 0 Å². The molecule has 9 nitrogen and oxygen atoms in total. The second-order valence-electron chi connectivity index (χ2n) is 8.22. The Kier molecular flexibility index (Phi) is 9.24. The van der Waals surface area contributed by atoms with Crippen molar-refractivity contribution in [2.45, 2.75) is 30.9 Å². The van der Waals surface area contributed by atoms with Gasteiger partial charge >= 0.3 is 0 Å². The third-order valence-corrected chi connectivity index (χ3v) is 7.38. The quantitative estimate of drug-likeness (QED) is 0.104. The van der Waals surface area contributed by atoms with Gasteiger partial charge in [-0.25, -0.2) is 0 Å². The van der Waals surface area contributed by atoms with Crippen LogP contribution in [0, 0.1) is 17.0 Å². The first-order valence-corrected chi connectivity index (χ1v) is 13.5. The number of nitro groups is 1. The monoisotopic (exact) mass is 598 g/mol. The molecular weight excluding hydrogens is 572 g/mol. The second-order valence-corrected chi connectivity index (χ2v) is 10.2. The Morgan fingerprint density at radius 3 is 2.47 bits per heavy atom. The highest BCUT2D eigenvalue weighted by molar-refractivity contribution is 9.10. The standard InChI is InChI=1S/C27H27BrN4O5S/c1-4-36-22-12-10-21(11-13-22)32-18(2)29-30-27(32)38-25(16-31(33)34)20-14-23(28)26(24(15-20)35-3)37-17-19-8-6-5-7-9-19/h5-15,25H,4,16-17H2,1-3H3/t25-/m0/s1. The molecule has 0 aliphatic heterocycles. The third kappa shape index (κ3) is 6.65. The molecule has 38 heavy (non-hydrogen) atoms. The van der Waals surface area contributed by atoms with Crippen molar-refractivity contribution < 1.29 is 19.1 Å². The third-order valence-electron chi connectivity index (χ3n) is 5.61. The van der Waals surface area contributed by atoms with E-state index in [2.05, 4.69) is 26.1 Å². The highest BCUT2D eigenvalue weighted by Gasteiger charge is 2.26. The Labute approximate surface area is 233 Å². The van der Waals surface area contributed by atoms with Crippen molar-refractivity contribution in [3.8, 4) is 22.9 Å². The van der Waals surface area contributed by atoms with E-state index in [0.29, 0.717) is 45.7 Å². The molecule has 4 aromatic rings. The van der Waals surface area contributed by atoms with Gasteiger partial charge in [0.05, 0.1) is 18.2 Å². The maximum atomic E-state index is 11.7. The average molecular weight is 600 g/mol. The van der Waals surface area contributed by atoms with Crippen LogP contribution in [0.25, 0.3) is 5.69 Å². The van der Waals surface area contributed by atoms with E-state index < -0.39 is 5.25 Å². The Morgan fingerprint density at radius 2 is 1.82 bits per heavy atom. The number of ether oxygens (including phenoxy) is 3. The molecule has 0 bridgehead atoms. The molecule has 198 valence electrons. The van der Waals surface area contributed by atoms with Gasteiger partial charge in [0.25, 0.3) is 0 Å². The summed E-state index contributed by atoms with van der Waals surface area (Å²) in [5.41, 5.74) is 2.54. The summed E-state index contributed by atoms with van der Waals surface area (Å²) in [6, 6.07) is 20.9. The van der Waals surface area contributed by atoms with E-state index >= 15 is 0 Å². The fourth-order valence-electron chi connectivity index (χ4n) is 3.84. The lowest BCUT2D eigenvalue weighted by atomic mass is 10.1. The predicted octanol–water partition coefficient (Wildman–Crippen LogP) is 6.43. The number of hydrogen-bond acceptors (Lipinski definition) is 8. The number of halogens is 1. The zero-order valence-corrected chi connectivity index (χ0v) is 23.6. The molecular formula is C27H27BrN4O5S. The first-order valence-electron chi connectivity index (χ1n) is 11.9. The summed E-state index contributed by atoms with van der Waals surface area (Å²) in [5, 5.41) is 20.2. The molecule has 0 unspecified atom stereocenters. The van der Waals surface area contributed by atoms with Crippen LogP contribution in [0.15, 0.2) is 76.4 Å². The van der Waals surface area contributed by atoms with E-state index in [1.807, 2.05) is 79.1 Å². The largest absolute Gasteiger partial charge is 0.494 e. The van der Waals surface area contributed by atoms with Crippen molar-refractivity contribution in [2.75, 3.05) is 20.3 Å². The van der Waals surface area contributed by atoms with Crippen LogP contribution in [0.4, 0.5) is 0 Å². The summed E-state index contributed by atoms with van der Waals surface area (Å²) < 4.78 is 19.7. The van der Waals surface area contributed by atoms with Crippen LogP contribution >= 0.6 is 27.7 Å². The SMILES string of the molecule is CCOc1ccc(-n2c(C)nnc2S[C@@H](C[N+](=O)[O-])c2cc(Br)c(OCc3ccccc3)c(OC)c2)cc1. The second kappa shape index (κ2) is 12.8. The Morgan fingerprint density at radius 1 is 1.08 bits per heavy atom. The molecule has 0 saturated heterocycles. The van der Waals surface area contributed by atoms with Gasteiger partial charge in [-0.15, -0.1) is 10.2 Å².